The van der Waals surface area contributed by atoms with Crippen LogP contribution in [0.2, 0.25) is 0 Å². The molecule has 3 saturated heterocycles. The second-order valence-electron chi connectivity index (χ2n) is 12.5. The van der Waals surface area contributed by atoms with Crippen LogP contribution in [0.25, 0.3) is 11.4 Å². The average molecular weight is 617 g/mol. The Morgan fingerprint density at radius 2 is 1.66 bits per heavy atom. The fourth-order valence-corrected chi connectivity index (χ4v) is 6.40. The first-order valence-electron chi connectivity index (χ1n) is 14.5. The molecule has 2 aromatic heterocycles. The molecule has 0 radical (unpaired) electrons. The number of halogens is 3. The summed E-state index contributed by atoms with van der Waals surface area (Å²) < 4.78 is 53.2. The molecule has 12 nitrogen and oxygen atoms in total. The minimum Gasteiger partial charge on any atom is -0.497 e. The SMILES string of the molecule is COc1ccc(N2C[C@@H]3C[C@H]2CN3C(=O)[C@H]2CC(n3cc(-c4cc(C(F)(F)F)nn4C)nn3)CN2C(=O)OC(C)(C)C)cc1. The summed E-state index contributed by atoms with van der Waals surface area (Å²) in [4.78, 5) is 33.0. The van der Waals surface area contributed by atoms with Crippen LogP contribution in [0.4, 0.5) is 23.7 Å². The third kappa shape index (κ3) is 5.54. The summed E-state index contributed by atoms with van der Waals surface area (Å²) in [6.45, 7) is 6.63. The Morgan fingerprint density at radius 3 is 2.25 bits per heavy atom. The van der Waals surface area contributed by atoms with Crippen molar-refractivity contribution in [3.63, 3.8) is 0 Å². The quantitative estimate of drug-likeness (QED) is 0.427. The summed E-state index contributed by atoms with van der Waals surface area (Å²) in [5, 5.41) is 11.8. The monoisotopic (exact) mass is 616 g/mol. The maximum absolute atomic E-state index is 14.1. The maximum atomic E-state index is 14.1. The van der Waals surface area contributed by atoms with Crippen molar-refractivity contribution in [1.82, 2.24) is 34.6 Å². The summed E-state index contributed by atoms with van der Waals surface area (Å²) in [6, 6.07) is 7.70. The van der Waals surface area contributed by atoms with E-state index in [4.69, 9.17) is 9.47 Å². The lowest BCUT2D eigenvalue weighted by atomic mass is 10.1. The van der Waals surface area contributed by atoms with Crippen molar-refractivity contribution >= 4 is 17.7 Å². The van der Waals surface area contributed by atoms with E-state index in [9.17, 15) is 22.8 Å². The summed E-state index contributed by atoms with van der Waals surface area (Å²) in [5.74, 6) is 0.626. The molecule has 1 unspecified atom stereocenters. The molecular weight excluding hydrogens is 581 g/mol. The minimum atomic E-state index is -4.60. The van der Waals surface area contributed by atoms with Crippen LogP contribution in [0.1, 0.15) is 45.3 Å². The highest BCUT2D eigenvalue weighted by atomic mass is 19.4. The summed E-state index contributed by atoms with van der Waals surface area (Å²) in [7, 11) is 3.03. The molecule has 3 aliphatic heterocycles. The number of fused-ring (bicyclic) bond motifs is 2. The number of nitrogens with zero attached hydrogens (tertiary/aromatic N) is 8. The zero-order valence-electron chi connectivity index (χ0n) is 25.2. The summed E-state index contributed by atoms with van der Waals surface area (Å²) >= 11 is 0. The molecule has 44 heavy (non-hydrogen) atoms. The van der Waals surface area contributed by atoms with Gasteiger partial charge in [0.1, 0.15) is 23.1 Å². The van der Waals surface area contributed by atoms with E-state index in [0.717, 1.165) is 28.6 Å². The number of carbonyl (C=O) groups is 2. The van der Waals surface area contributed by atoms with Gasteiger partial charge in [-0.25, -0.2) is 9.48 Å². The van der Waals surface area contributed by atoms with Crippen molar-refractivity contribution in [2.75, 3.05) is 31.6 Å². The Kier molecular flexibility index (Phi) is 7.24. The van der Waals surface area contributed by atoms with Gasteiger partial charge < -0.3 is 19.3 Å². The van der Waals surface area contributed by atoms with Gasteiger partial charge >= 0.3 is 12.3 Å². The van der Waals surface area contributed by atoms with Crippen molar-refractivity contribution in [2.45, 2.75) is 69.6 Å². The van der Waals surface area contributed by atoms with Crippen LogP contribution in [0.3, 0.4) is 0 Å². The predicted molar refractivity (Wildman–Crippen MR) is 152 cm³/mol. The van der Waals surface area contributed by atoms with Gasteiger partial charge in [0.05, 0.1) is 31.1 Å². The van der Waals surface area contributed by atoms with Crippen LogP contribution >= 0.6 is 0 Å². The average Bonchev–Trinajstić information content (AvgIpc) is 3.78. The fraction of sp³-hybridized carbons (Fsp3) is 0.552. The van der Waals surface area contributed by atoms with E-state index in [1.165, 1.54) is 22.8 Å². The second-order valence-corrected chi connectivity index (χ2v) is 12.5. The van der Waals surface area contributed by atoms with E-state index in [1.54, 1.807) is 27.9 Å². The molecule has 2 amide bonds. The number of methoxy groups -OCH3 is 1. The molecule has 5 heterocycles. The fourth-order valence-electron chi connectivity index (χ4n) is 6.40. The maximum Gasteiger partial charge on any atom is 0.435 e. The van der Waals surface area contributed by atoms with Gasteiger partial charge in [0.15, 0.2) is 5.69 Å². The molecule has 0 aliphatic carbocycles. The molecule has 3 aliphatic rings. The zero-order valence-corrected chi connectivity index (χ0v) is 25.2. The summed E-state index contributed by atoms with van der Waals surface area (Å²) in [6.07, 6.45) is -2.59. The number of rotatable bonds is 5. The van der Waals surface area contributed by atoms with Gasteiger partial charge in [0, 0.05) is 44.8 Å². The van der Waals surface area contributed by atoms with E-state index >= 15 is 0 Å². The lowest BCUT2D eigenvalue weighted by molar-refractivity contribution is -0.141. The number of carbonyl (C=O) groups excluding carboxylic acids is 2. The van der Waals surface area contributed by atoms with Gasteiger partial charge in [0.25, 0.3) is 0 Å². The molecule has 4 atom stereocenters. The normalized spacial score (nSPS) is 23.5. The Morgan fingerprint density at radius 1 is 0.955 bits per heavy atom. The molecule has 1 aromatic carbocycles. The van der Waals surface area contributed by atoms with Crippen molar-refractivity contribution in [2.24, 2.45) is 7.05 Å². The van der Waals surface area contributed by atoms with Crippen LogP contribution in [0.5, 0.6) is 5.75 Å². The van der Waals surface area contributed by atoms with Gasteiger partial charge in [-0.3, -0.25) is 14.4 Å². The number of aryl methyl sites for hydroxylation is 1. The molecule has 2 bridgehead atoms. The molecule has 3 fully saturated rings. The van der Waals surface area contributed by atoms with Gasteiger partial charge in [0.2, 0.25) is 5.91 Å². The first-order valence-corrected chi connectivity index (χ1v) is 14.5. The van der Waals surface area contributed by atoms with Crippen molar-refractivity contribution in [3.05, 3.63) is 42.2 Å². The first kappa shape index (κ1) is 29.8. The highest BCUT2D eigenvalue weighted by molar-refractivity contribution is 5.87. The smallest absolute Gasteiger partial charge is 0.435 e. The van der Waals surface area contributed by atoms with Gasteiger partial charge in [-0.2, -0.15) is 18.3 Å². The molecule has 0 N–H and O–H groups in total. The molecule has 6 rings (SSSR count). The topological polar surface area (TPSA) is 111 Å². The molecule has 0 spiro atoms. The number of hydrogen-bond acceptors (Lipinski definition) is 8. The number of ether oxygens (including phenoxy) is 2. The number of benzene rings is 1. The minimum absolute atomic E-state index is 0.000203. The number of alkyl halides is 3. The number of aromatic nitrogens is 5. The Bertz CT molecular complexity index is 1550. The number of hydrogen-bond donors (Lipinski definition) is 0. The van der Waals surface area contributed by atoms with E-state index in [2.05, 4.69) is 20.3 Å². The molecule has 3 aromatic rings. The van der Waals surface area contributed by atoms with E-state index in [0.29, 0.717) is 13.1 Å². The zero-order chi connectivity index (χ0) is 31.6. The third-order valence-electron chi connectivity index (χ3n) is 8.44. The Balaban J connectivity index is 1.20. The molecule has 0 saturated carbocycles. The van der Waals surface area contributed by atoms with E-state index < -0.39 is 35.6 Å². The number of piperazine rings is 1. The Hall–Kier alpha value is -4.30. The number of amides is 2. The van der Waals surface area contributed by atoms with E-state index in [1.807, 2.05) is 29.2 Å². The summed E-state index contributed by atoms with van der Waals surface area (Å²) in [5.41, 5.74) is -0.390. The van der Waals surface area contributed by atoms with Crippen LogP contribution in [0.15, 0.2) is 36.5 Å². The first-order chi connectivity index (χ1) is 20.7. The van der Waals surface area contributed by atoms with Gasteiger partial charge in [-0.1, -0.05) is 5.21 Å². The van der Waals surface area contributed by atoms with Crippen LogP contribution in [-0.2, 0) is 22.8 Å². The van der Waals surface area contributed by atoms with E-state index in [-0.39, 0.29) is 42.3 Å². The lowest BCUT2D eigenvalue weighted by Crippen LogP contribution is -2.55. The second kappa shape index (κ2) is 10.7. The Labute approximate surface area is 252 Å². The van der Waals surface area contributed by atoms with Gasteiger partial charge in [-0.15, -0.1) is 5.10 Å². The number of anilines is 1. The lowest BCUT2D eigenvalue weighted by Gasteiger charge is -2.38. The molecule has 15 heteroatoms. The van der Waals surface area contributed by atoms with Crippen molar-refractivity contribution < 1.29 is 32.2 Å². The van der Waals surface area contributed by atoms with Crippen LogP contribution in [0, 0.1) is 0 Å². The molecular formula is C29H35F3N8O4. The number of likely N-dealkylation sites (tertiary alicyclic amines) is 2. The highest BCUT2D eigenvalue weighted by Gasteiger charge is 2.51. The van der Waals surface area contributed by atoms with Gasteiger partial charge in [-0.05, 0) is 57.5 Å². The van der Waals surface area contributed by atoms with Crippen LogP contribution in [-0.4, -0.2) is 97.0 Å². The highest BCUT2D eigenvalue weighted by Crippen LogP contribution is 2.38. The molecule has 236 valence electrons. The van der Waals surface area contributed by atoms with Crippen molar-refractivity contribution in [3.8, 4) is 17.1 Å². The third-order valence-corrected chi connectivity index (χ3v) is 8.44. The predicted octanol–water partition coefficient (Wildman–Crippen LogP) is 3.75. The van der Waals surface area contributed by atoms with Crippen LogP contribution < -0.4 is 9.64 Å². The largest absolute Gasteiger partial charge is 0.497 e. The standard InChI is InChI=1S/C29H35F3N8O4/c1-28(2,3)44-27(42)39-15-20(40-16-22(33-35-40)23-12-25(29(30,31)32)34-36(23)4)11-24(39)26(41)38-14-18-10-19(38)13-37(18)17-6-8-21(43-5)9-7-17/h6-9,12,16,18-20,24H,10-11,13-15H2,1-5H3/t18-,19-,20?,24+/m0/s1. The van der Waals surface area contributed by atoms with Crippen molar-refractivity contribution in [1.29, 1.82) is 0 Å².